The second-order valence-corrected chi connectivity index (χ2v) is 8.72. The number of halogens is 1. The summed E-state index contributed by atoms with van der Waals surface area (Å²) in [5.41, 5.74) is 1.15. The molecule has 0 bridgehead atoms. The fraction of sp³-hybridized carbons (Fsp3) is 0.538. The summed E-state index contributed by atoms with van der Waals surface area (Å²) in [4.78, 5) is 1.11. The van der Waals surface area contributed by atoms with Gasteiger partial charge in [-0.1, -0.05) is 11.6 Å². The normalized spacial score (nSPS) is 15.7. The van der Waals surface area contributed by atoms with Crippen LogP contribution >= 0.6 is 23.4 Å². The number of sulfone groups is 1. The zero-order chi connectivity index (χ0) is 13.9. The molecule has 0 heterocycles. The molecule has 3 nitrogen and oxygen atoms in total. The third-order valence-corrected chi connectivity index (χ3v) is 5.45. The van der Waals surface area contributed by atoms with Gasteiger partial charge in [-0.15, -0.1) is 11.8 Å². The van der Waals surface area contributed by atoms with Crippen molar-refractivity contribution in [2.45, 2.75) is 30.3 Å². The van der Waals surface area contributed by atoms with Crippen molar-refractivity contribution in [3.8, 4) is 0 Å². The first-order valence-electron chi connectivity index (χ1n) is 6.26. The maximum atomic E-state index is 11.1. The highest BCUT2D eigenvalue weighted by Crippen LogP contribution is 2.27. The van der Waals surface area contributed by atoms with Gasteiger partial charge < -0.3 is 5.32 Å². The first kappa shape index (κ1) is 15.2. The monoisotopic (exact) mass is 319 g/mol. The van der Waals surface area contributed by atoms with Crippen LogP contribution in [-0.4, -0.2) is 32.2 Å². The van der Waals surface area contributed by atoms with Gasteiger partial charge in [0, 0.05) is 34.5 Å². The zero-order valence-corrected chi connectivity index (χ0v) is 13.2. The molecule has 1 aromatic rings. The first-order valence-corrected chi connectivity index (χ1v) is 9.69. The molecule has 1 aliphatic carbocycles. The molecule has 1 fully saturated rings. The second kappa shape index (κ2) is 6.48. The summed E-state index contributed by atoms with van der Waals surface area (Å²) in [5.74, 6) is 0.784. The minimum atomic E-state index is -2.89. The van der Waals surface area contributed by atoms with Crippen molar-refractivity contribution in [2.24, 2.45) is 0 Å². The molecule has 2 rings (SSSR count). The van der Waals surface area contributed by atoms with E-state index >= 15 is 0 Å². The lowest BCUT2D eigenvalue weighted by Gasteiger charge is -2.10. The smallest absolute Gasteiger partial charge is 0.148 e. The Hall–Kier alpha value is -0.230. The van der Waals surface area contributed by atoms with Crippen LogP contribution in [0.2, 0.25) is 5.02 Å². The Morgan fingerprint density at radius 2 is 2.16 bits per heavy atom. The molecule has 0 amide bonds. The van der Waals surface area contributed by atoms with Crippen molar-refractivity contribution in [3.05, 3.63) is 28.8 Å². The lowest BCUT2D eigenvalue weighted by Crippen LogP contribution is -2.16. The van der Waals surface area contributed by atoms with E-state index in [9.17, 15) is 8.42 Å². The van der Waals surface area contributed by atoms with Gasteiger partial charge in [-0.3, -0.25) is 0 Å². The van der Waals surface area contributed by atoms with Gasteiger partial charge in [0.15, 0.2) is 0 Å². The third kappa shape index (κ3) is 5.73. The summed E-state index contributed by atoms with van der Waals surface area (Å²) in [6.07, 6.45) is 3.76. The Morgan fingerprint density at radius 3 is 2.79 bits per heavy atom. The van der Waals surface area contributed by atoms with E-state index < -0.39 is 9.84 Å². The van der Waals surface area contributed by atoms with Crippen molar-refractivity contribution in [2.75, 3.05) is 17.8 Å². The Morgan fingerprint density at radius 1 is 1.42 bits per heavy atom. The molecule has 0 spiro atoms. The lowest BCUT2D eigenvalue weighted by molar-refractivity contribution is 0.603. The molecule has 1 aliphatic rings. The third-order valence-electron chi connectivity index (χ3n) is 2.89. The molecule has 0 aromatic heterocycles. The average molecular weight is 320 g/mol. The Bertz CT molecular complexity index is 542. The molecule has 0 atom stereocenters. The second-order valence-electron chi connectivity index (χ2n) is 4.89. The van der Waals surface area contributed by atoms with Gasteiger partial charge >= 0.3 is 0 Å². The minimum absolute atomic E-state index is 0.204. The van der Waals surface area contributed by atoms with E-state index in [0.717, 1.165) is 22.0 Å². The molecule has 6 heteroatoms. The fourth-order valence-electron chi connectivity index (χ4n) is 1.67. The lowest BCUT2D eigenvalue weighted by atomic mass is 10.2. The largest absolute Gasteiger partial charge is 0.310 e. The number of benzene rings is 1. The molecule has 19 heavy (non-hydrogen) atoms. The zero-order valence-electron chi connectivity index (χ0n) is 10.9. The van der Waals surface area contributed by atoms with Crippen LogP contribution in [0.5, 0.6) is 0 Å². The molecule has 1 N–H and O–H groups in total. The van der Waals surface area contributed by atoms with Crippen molar-refractivity contribution < 1.29 is 8.42 Å². The SMILES string of the molecule is CS(=O)(=O)CCSc1ccc(Cl)cc1CNC1CC1. The number of hydrogen-bond acceptors (Lipinski definition) is 4. The summed E-state index contributed by atoms with van der Waals surface area (Å²) >= 11 is 7.60. The summed E-state index contributed by atoms with van der Waals surface area (Å²) in [6, 6.07) is 6.43. The molecule has 0 radical (unpaired) electrons. The summed E-state index contributed by atoms with van der Waals surface area (Å²) in [6.45, 7) is 0.798. The van der Waals surface area contributed by atoms with Gasteiger partial charge in [-0.25, -0.2) is 8.42 Å². The van der Waals surface area contributed by atoms with Crippen LogP contribution in [0, 0.1) is 0 Å². The highest BCUT2D eigenvalue weighted by molar-refractivity contribution is 8.00. The van der Waals surface area contributed by atoms with Crippen LogP contribution in [0.4, 0.5) is 0 Å². The highest BCUT2D eigenvalue weighted by atomic mass is 35.5. The number of thioether (sulfide) groups is 1. The van der Waals surface area contributed by atoms with E-state index in [4.69, 9.17) is 11.6 Å². The van der Waals surface area contributed by atoms with Crippen LogP contribution in [0.25, 0.3) is 0 Å². The van der Waals surface area contributed by atoms with E-state index in [-0.39, 0.29) is 5.75 Å². The summed E-state index contributed by atoms with van der Waals surface area (Å²) in [7, 11) is -2.89. The average Bonchev–Trinajstić information content (AvgIpc) is 3.11. The van der Waals surface area contributed by atoms with Crippen LogP contribution in [0.1, 0.15) is 18.4 Å². The predicted molar refractivity (Wildman–Crippen MR) is 81.7 cm³/mol. The van der Waals surface area contributed by atoms with Gasteiger partial charge in [0.05, 0.1) is 5.75 Å². The quantitative estimate of drug-likeness (QED) is 0.785. The number of nitrogens with one attached hydrogen (secondary N) is 1. The van der Waals surface area contributed by atoms with Crippen molar-refractivity contribution >= 4 is 33.2 Å². The summed E-state index contributed by atoms with van der Waals surface area (Å²) < 4.78 is 22.3. The maximum Gasteiger partial charge on any atom is 0.148 e. The molecule has 106 valence electrons. The molecular formula is C13H18ClNO2S2. The Labute approximate surface area is 124 Å². The molecule has 1 aromatic carbocycles. The predicted octanol–water partition coefficient (Wildman–Crippen LogP) is 2.73. The van der Waals surface area contributed by atoms with Crippen LogP contribution < -0.4 is 5.32 Å². The number of hydrogen-bond donors (Lipinski definition) is 1. The summed E-state index contributed by atoms with van der Waals surface area (Å²) in [5, 5.41) is 4.18. The minimum Gasteiger partial charge on any atom is -0.310 e. The van der Waals surface area contributed by atoms with Crippen LogP contribution in [-0.2, 0) is 16.4 Å². The van der Waals surface area contributed by atoms with Gasteiger partial charge in [0.1, 0.15) is 9.84 Å². The number of rotatable bonds is 7. The fourth-order valence-corrected chi connectivity index (χ4v) is 4.11. The van der Waals surface area contributed by atoms with Crippen molar-refractivity contribution in [1.29, 1.82) is 0 Å². The van der Waals surface area contributed by atoms with E-state index in [0.29, 0.717) is 11.8 Å². The standard InChI is InChI=1S/C13H18ClNO2S2/c1-19(16,17)7-6-18-13-5-2-11(14)8-10(13)9-15-12-3-4-12/h2,5,8,12,15H,3-4,6-7,9H2,1H3. The Balaban J connectivity index is 1.96. The van der Waals surface area contributed by atoms with E-state index in [2.05, 4.69) is 5.32 Å². The van der Waals surface area contributed by atoms with Crippen molar-refractivity contribution in [1.82, 2.24) is 5.32 Å². The van der Waals surface area contributed by atoms with Crippen LogP contribution in [0.15, 0.2) is 23.1 Å². The van der Waals surface area contributed by atoms with E-state index in [1.54, 1.807) is 11.8 Å². The van der Waals surface area contributed by atoms with Gasteiger partial charge in [0.25, 0.3) is 0 Å². The van der Waals surface area contributed by atoms with Gasteiger partial charge in [-0.05, 0) is 36.6 Å². The molecule has 1 saturated carbocycles. The van der Waals surface area contributed by atoms with E-state index in [1.807, 2.05) is 18.2 Å². The molecular weight excluding hydrogens is 302 g/mol. The molecule has 0 saturated heterocycles. The highest BCUT2D eigenvalue weighted by Gasteiger charge is 2.20. The molecule has 0 unspecified atom stereocenters. The van der Waals surface area contributed by atoms with Gasteiger partial charge in [0.2, 0.25) is 0 Å². The van der Waals surface area contributed by atoms with E-state index in [1.165, 1.54) is 19.1 Å². The Kier molecular flexibility index (Phi) is 5.17. The maximum absolute atomic E-state index is 11.1. The van der Waals surface area contributed by atoms with Gasteiger partial charge in [-0.2, -0.15) is 0 Å². The van der Waals surface area contributed by atoms with Crippen LogP contribution in [0.3, 0.4) is 0 Å². The topological polar surface area (TPSA) is 46.2 Å². The van der Waals surface area contributed by atoms with Crippen molar-refractivity contribution in [3.63, 3.8) is 0 Å². The molecule has 0 aliphatic heterocycles. The first-order chi connectivity index (χ1) is 8.94.